The van der Waals surface area contributed by atoms with Crippen LogP contribution in [-0.2, 0) is 0 Å². The Hall–Kier alpha value is -0.730. The molecule has 0 aliphatic heterocycles. The van der Waals surface area contributed by atoms with Crippen molar-refractivity contribution in [2.45, 2.75) is 52.0 Å². The summed E-state index contributed by atoms with van der Waals surface area (Å²) in [6.45, 7) is 8.03. The molecule has 0 saturated heterocycles. The molecule has 0 radical (unpaired) electrons. The standard InChI is InChI=1S/C18H29ClN2/c1-15(2)11-13-21(18-5-3-4-6-18)14-12-20-17-9-7-16(19)8-10-17/h7-10,15,18,20H,3-6,11-14H2,1-2H3. The molecular formula is C18H29ClN2. The summed E-state index contributed by atoms with van der Waals surface area (Å²) in [6, 6.07) is 8.80. The van der Waals surface area contributed by atoms with E-state index in [0.29, 0.717) is 0 Å². The van der Waals surface area contributed by atoms with E-state index in [-0.39, 0.29) is 0 Å². The highest BCUT2D eigenvalue weighted by Gasteiger charge is 2.21. The minimum atomic E-state index is 0.790. The Morgan fingerprint density at radius 1 is 1.14 bits per heavy atom. The fourth-order valence-corrected chi connectivity index (χ4v) is 3.21. The quantitative estimate of drug-likeness (QED) is 0.723. The van der Waals surface area contributed by atoms with E-state index in [2.05, 4.69) is 36.2 Å². The van der Waals surface area contributed by atoms with Gasteiger partial charge in [0.25, 0.3) is 0 Å². The topological polar surface area (TPSA) is 15.3 Å². The van der Waals surface area contributed by atoms with Crippen LogP contribution in [0, 0.1) is 5.92 Å². The molecule has 1 aliphatic carbocycles. The van der Waals surface area contributed by atoms with Gasteiger partial charge in [0.2, 0.25) is 0 Å². The van der Waals surface area contributed by atoms with Gasteiger partial charge in [-0.3, -0.25) is 4.90 Å². The molecule has 118 valence electrons. The van der Waals surface area contributed by atoms with Crippen LogP contribution in [0.15, 0.2) is 24.3 Å². The number of nitrogens with one attached hydrogen (secondary N) is 1. The maximum Gasteiger partial charge on any atom is 0.0407 e. The third kappa shape index (κ3) is 5.88. The highest BCUT2D eigenvalue weighted by molar-refractivity contribution is 6.30. The summed E-state index contributed by atoms with van der Waals surface area (Å²) in [6.07, 6.45) is 6.90. The van der Waals surface area contributed by atoms with Gasteiger partial charge in [-0.05, 0) is 56.0 Å². The van der Waals surface area contributed by atoms with Gasteiger partial charge in [0.05, 0.1) is 0 Å². The molecule has 0 aromatic heterocycles. The van der Waals surface area contributed by atoms with Gasteiger partial charge in [0.15, 0.2) is 0 Å². The molecule has 0 bridgehead atoms. The lowest BCUT2D eigenvalue weighted by molar-refractivity contribution is 0.195. The first-order valence-corrected chi connectivity index (χ1v) is 8.76. The number of hydrogen-bond donors (Lipinski definition) is 1. The minimum absolute atomic E-state index is 0.790. The molecule has 0 amide bonds. The second-order valence-corrected chi connectivity index (χ2v) is 7.03. The summed E-state index contributed by atoms with van der Waals surface area (Å²) in [5.74, 6) is 0.790. The Balaban J connectivity index is 1.78. The van der Waals surface area contributed by atoms with Crippen molar-refractivity contribution in [1.29, 1.82) is 0 Å². The third-order valence-electron chi connectivity index (χ3n) is 4.41. The largest absolute Gasteiger partial charge is 0.384 e. The highest BCUT2D eigenvalue weighted by Crippen LogP contribution is 2.24. The number of benzene rings is 1. The van der Waals surface area contributed by atoms with E-state index in [1.54, 1.807) is 0 Å². The van der Waals surface area contributed by atoms with Gasteiger partial charge in [-0.2, -0.15) is 0 Å². The minimum Gasteiger partial charge on any atom is -0.384 e. The van der Waals surface area contributed by atoms with Crippen molar-refractivity contribution in [3.05, 3.63) is 29.3 Å². The Bertz CT molecular complexity index is 396. The highest BCUT2D eigenvalue weighted by atomic mass is 35.5. The summed E-state index contributed by atoms with van der Waals surface area (Å²) in [7, 11) is 0. The molecule has 1 N–H and O–H groups in total. The van der Waals surface area contributed by atoms with E-state index >= 15 is 0 Å². The Kier molecular flexibility index (Phi) is 6.85. The molecule has 0 atom stereocenters. The molecule has 0 unspecified atom stereocenters. The van der Waals surface area contributed by atoms with Crippen molar-refractivity contribution in [3.63, 3.8) is 0 Å². The van der Waals surface area contributed by atoms with Crippen molar-refractivity contribution < 1.29 is 0 Å². The lowest BCUT2D eigenvalue weighted by Gasteiger charge is -2.29. The van der Waals surface area contributed by atoms with Crippen LogP contribution in [0.4, 0.5) is 5.69 Å². The normalized spacial score (nSPS) is 16.0. The Morgan fingerprint density at radius 2 is 1.81 bits per heavy atom. The van der Waals surface area contributed by atoms with E-state index in [4.69, 9.17) is 11.6 Å². The van der Waals surface area contributed by atoms with Gasteiger partial charge < -0.3 is 5.32 Å². The fraction of sp³-hybridized carbons (Fsp3) is 0.667. The number of rotatable bonds is 8. The van der Waals surface area contributed by atoms with E-state index in [1.807, 2.05) is 12.1 Å². The van der Waals surface area contributed by atoms with Crippen molar-refractivity contribution in [1.82, 2.24) is 4.90 Å². The summed E-state index contributed by atoms with van der Waals surface area (Å²) in [5.41, 5.74) is 1.16. The molecule has 1 aromatic rings. The molecule has 1 aliphatic rings. The molecule has 1 fully saturated rings. The lowest BCUT2D eigenvalue weighted by atomic mass is 10.1. The van der Waals surface area contributed by atoms with Crippen molar-refractivity contribution in [2.24, 2.45) is 5.92 Å². The molecule has 1 aromatic carbocycles. The maximum atomic E-state index is 5.92. The van der Waals surface area contributed by atoms with Gasteiger partial charge in [0.1, 0.15) is 0 Å². The molecule has 3 heteroatoms. The van der Waals surface area contributed by atoms with Crippen LogP contribution in [-0.4, -0.2) is 30.6 Å². The molecule has 0 spiro atoms. The first kappa shape index (κ1) is 16.6. The SMILES string of the molecule is CC(C)CCN(CCNc1ccc(Cl)cc1)C1CCCC1. The van der Waals surface area contributed by atoms with E-state index in [1.165, 1.54) is 38.6 Å². The molecule has 1 saturated carbocycles. The smallest absolute Gasteiger partial charge is 0.0407 e. The average Bonchev–Trinajstić information content (AvgIpc) is 2.98. The zero-order chi connectivity index (χ0) is 15.1. The number of halogens is 1. The van der Waals surface area contributed by atoms with Crippen LogP contribution in [0.25, 0.3) is 0 Å². The third-order valence-corrected chi connectivity index (χ3v) is 4.66. The lowest BCUT2D eigenvalue weighted by Crippen LogP contribution is -2.38. The molecular weight excluding hydrogens is 280 g/mol. The fourth-order valence-electron chi connectivity index (χ4n) is 3.08. The predicted octanol–water partition coefficient (Wildman–Crippen LogP) is 5.04. The van der Waals surface area contributed by atoms with E-state index in [0.717, 1.165) is 35.8 Å². The maximum absolute atomic E-state index is 5.92. The van der Waals surface area contributed by atoms with Crippen LogP contribution < -0.4 is 5.32 Å². The average molecular weight is 309 g/mol. The van der Waals surface area contributed by atoms with Crippen LogP contribution in [0.2, 0.25) is 5.02 Å². The van der Waals surface area contributed by atoms with Gasteiger partial charge in [-0.25, -0.2) is 0 Å². The molecule has 2 nitrogen and oxygen atoms in total. The molecule has 21 heavy (non-hydrogen) atoms. The Morgan fingerprint density at radius 3 is 2.43 bits per heavy atom. The van der Waals surface area contributed by atoms with Gasteiger partial charge in [-0.15, -0.1) is 0 Å². The Labute approximate surface area is 134 Å². The summed E-state index contributed by atoms with van der Waals surface area (Å²) < 4.78 is 0. The zero-order valence-electron chi connectivity index (χ0n) is 13.4. The second kappa shape index (κ2) is 8.65. The summed E-state index contributed by atoms with van der Waals surface area (Å²) in [4.78, 5) is 2.70. The number of hydrogen-bond acceptors (Lipinski definition) is 2. The van der Waals surface area contributed by atoms with Gasteiger partial charge >= 0.3 is 0 Å². The van der Waals surface area contributed by atoms with Crippen LogP contribution in [0.3, 0.4) is 0 Å². The van der Waals surface area contributed by atoms with Gasteiger partial charge in [-0.1, -0.05) is 38.3 Å². The van der Waals surface area contributed by atoms with Gasteiger partial charge in [0, 0.05) is 29.8 Å². The molecule has 2 rings (SSSR count). The second-order valence-electron chi connectivity index (χ2n) is 6.59. The van der Waals surface area contributed by atoms with E-state index in [9.17, 15) is 0 Å². The zero-order valence-corrected chi connectivity index (χ0v) is 14.2. The first-order valence-electron chi connectivity index (χ1n) is 8.38. The summed E-state index contributed by atoms with van der Waals surface area (Å²) in [5, 5.41) is 4.31. The number of nitrogens with zero attached hydrogens (tertiary/aromatic N) is 1. The number of anilines is 1. The monoisotopic (exact) mass is 308 g/mol. The first-order chi connectivity index (χ1) is 10.1. The van der Waals surface area contributed by atoms with Crippen molar-refractivity contribution >= 4 is 17.3 Å². The van der Waals surface area contributed by atoms with Crippen LogP contribution in [0.5, 0.6) is 0 Å². The summed E-state index contributed by atoms with van der Waals surface area (Å²) >= 11 is 5.92. The van der Waals surface area contributed by atoms with E-state index < -0.39 is 0 Å². The predicted molar refractivity (Wildman–Crippen MR) is 93.2 cm³/mol. The van der Waals surface area contributed by atoms with Crippen LogP contribution in [0.1, 0.15) is 46.0 Å². The van der Waals surface area contributed by atoms with Crippen LogP contribution >= 0.6 is 11.6 Å². The molecule has 0 heterocycles. The van der Waals surface area contributed by atoms with Crippen molar-refractivity contribution in [3.8, 4) is 0 Å². The van der Waals surface area contributed by atoms with Crippen molar-refractivity contribution in [2.75, 3.05) is 25.0 Å².